The van der Waals surface area contributed by atoms with Gasteiger partial charge in [0.05, 0.1) is 11.3 Å². The van der Waals surface area contributed by atoms with Crippen LogP contribution in [0, 0.1) is 17.3 Å². The highest BCUT2D eigenvalue weighted by Crippen LogP contribution is 2.44. The van der Waals surface area contributed by atoms with Gasteiger partial charge >= 0.3 is 12.1 Å². The Bertz CT molecular complexity index is 1050. The number of nitrogens with one attached hydrogen (secondary N) is 2. The molecule has 3 rings (SSSR count). The summed E-state index contributed by atoms with van der Waals surface area (Å²) in [5, 5.41) is 14.9. The molecule has 7 nitrogen and oxygen atoms in total. The fourth-order valence-electron chi connectivity index (χ4n) is 4.82. The second kappa shape index (κ2) is 10.5. The van der Waals surface area contributed by atoms with Crippen LogP contribution in [0.25, 0.3) is 11.1 Å². The maximum atomic E-state index is 13.1. The highest BCUT2D eigenvalue weighted by Gasteiger charge is 2.41. The standard InChI is InChI=1S/C28H36N2O5/c1-16(2)24(28(5,6)26(33)29-18(4)17(3)25(31)32)30-27(34)35-15-23-21-13-9-7-11-19(21)20-12-8-10-14-22(20)23/h7-14,16-18,23-24H,15H2,1-6H3,(H,29,33)(H,30,34)(H,31,32). The van der Waals surface area contributed by atoms with Crippen LogP contribution in [0.1, 0.15) is 58.6 Å². The number of carboxylic acid groups (broad SMARTS) is 1. The summed E-state index contributed by atoms with van der Waals surface area (Å²) in [5.74, 6) is -2.16. The van der Waals surface area contributed by atoms with Crippen molar-refractivity contribution in [3.63, 3.8) is 0 Å². The number of carbonyl (C=O) groups is 3. The van der Waals surface area contributed by atoms with Crippen LogP contribution >= 0.6 is 0 Å². The molecule has 0 aliphatic heterocycles. The van der Waals surface area contributed by atoms with E-state index in [1.807, 2.05) is 38.1 Å². The number of carboxylic acids is 1. The molecule has 35 heavy (non-hydrogen) atoms. The number of fused-ring (bicyclic) bond motifs is 3. The number of alkyl carbamates (subject to hydrolysis) is 1. The van der Waals surface area contributed by atoms with E-state index in [9.17, 15) is 19.5 Å². The van der Waals surface area contributed by atoms with Gasteiger partial charge in [0.2, 0.25) is 5.91 Å². The average Bonchev–Trinajstić information content (AvgIpc) is 3.13. The summed E-state index contributed by atoms with van der Waals surface area (Å²) < 4.78 is 5.69. The molecule has 3 atom stereocenters. The minimum Gasteiger partial charge on any atom is -0.481 e. The number of benzene rings is 2. The van der Waals surface area contributed by atoms with Gasteiger partial charge in [-0.2, -0.15) is 0 Å². The minimum atomic E-state index is -0.994. The Morgan fingerprint density at radius 1 is 0.914 bits per heavy atom. The highest BCUT2D eigenvalue weighted by atomic mass is 16.5. The van der Waals surface area contributed by atoms with Crippen LogP contribution in [0.5, 0.6) is 0 Å². The van der Waals surface area contributed by atoms with Gasteiger partial charge in [-0.05, 0) is 55.9 Å². The first-order chi connectivity index (χ1) is 16.4. The predicted molar refractivity (Wildman–Crippen MR) is 135 cm³/mol. The van der Waals surface area contributed by atoms with Crippen molar-refractivity contribution in [3.05, 3.63) is 59.7 Å². The van der Waals surface area contributed by atoms with E-state index < -0.39 is 35.5 Å². The van der Waals surface area contributed by atoms with Crippen LogP contribution in [0.2, 0.25) is 0 Å². The molecule has 0 saturated carbocycles. The van der Waals surface area contributed by atoms with E-state index in [1.165, 1.54) is 0 Å². The van der Waals surface area contributed by atoms with Crippen molar-refractivity contribution >= 4 is 18.0 Å². The molecule has 2 aromatic rings. The molecule has 0 bridgehead atoms. The fourth-order valence-corrected chi connectivity index (χ4v) is 4.82. The number of amides is 2. The van der Waals surface area contributed by atoms with Crippen LogP contribution in [0.3, 0.4) is 0 Å². The largest absolute Gasteiger partial charge is 0.481 e. The minimum absolute atomic E-state index is 0.0553. The number of rotatable bonds is 9. The third kappa shape index (κ3) is 5.50. The van der Waals surface area contributed by atoms with Crippen molar-refractivity contribution in [1.29, 1.82) is 0 Å². The van der Waals surface area contributed by atoms with Crippen molar-refractivity contribution in [2.24, 2.45) is 17.3 Å². The number of aliphatic carboxylic acids is 1. The monoisotopic (exact) mass is 480 g/mol. The smallest absolute Gasteiger partial charge is 0.407 e. The Hall–Kier alpha value is -3.35. The van der Waals surface area contributed by atoms with E-state index in [4.69, 9.17) is 4.74 Å². The summed E-state index contributed by atoms with van der Waals surface area (Å²) in [4.78, 5) is 37.2. The zero-order valence-corrected chi connectivity index (χ0v) is 21.3. The molecule has 0 heterocycles. The maximum Gasteiger partial charge on any atom is 0.407 e. The molecule has 3 unspecified atom stereocenters. The van der Waals surface area contributed by atoms with Gasteiger partial charge in [-0.1, -0.05) is 62.4 Å². The van der Waals surface area contributed by atoms with Crippen molar-refractivity contribution in [2.75, 3.05) is 6.61 Å². The molecular weight excluding hydrogens is 444 g/mol. The van der Waals surface area contributed by atoms with Crippen molar-refractivity contribution < 1.29 is 24.2 Å². The second-order valence-electron chi connectivity index (χ2n) is 10.3. The van der Waals surface area contributed by atoms with Crippen LogP contribution in [0.4, 0.5) is 4.79 Å². The predicted octanol–water partition coefficient (Wildman–Crippen LogP) is 4.80. The normalized spacial score (nSPS) is 15.5. The Morgan fingerprint density at radius 2 is 1.43 bits per heavy atom. The Balaban J connectivity index is 1.68. The van der Waals surface area contributed by atoms with Crippen molar-refractivity contribution in [1.82, 2.24) is 10.6 Å². The Morgan fingerprint density at radius 3 is 1.91 bits per heavy atom. The summed E-state index contributed by atoms with van der Waals surface area (Å²) in [6.07, 6.45) is -0.585. The van der Waals surface area contributed by atoms with Crippen LogP contribution < -0.4 is 10.6 Å². The molecule has 2 aromatic carbocycles. The van der Waals surface area contributed by atoms with E-state index in [1.54, 1.807) is 27.7 Å². The van der Waals surface area contributed by atoms with Gasteiger partial charge in [-0.25, -0.2) is 4.79 Å². The first kappa shape index (κ1) is 26.3. The summed E-state index contributed by atoms with van der Waals surface area (Å²) in [6.45, 7) is 10.7. The van der Waals surface area contributed by atoms with Gasteiger partial charge in [0.1, 0.15) is 6.61 Å². The third-order valence-electron chi connectivity index (χ3n) is 7.14. The topological polar surface area (TPSA) is 105 Å². The molecule has 0 fully saturated rings. The quantitative estimate of drug-likeness (QED) is 0.478. The van der Waals surface area contributed by atoms with Gasteiger partial charge in [-0.15, -0.1) is 0 Å². The Labute approximate surface area is 207 Å². The van der Waals surface area contributed by atoms with Gasteiger partial charge in [0.15, 0.2) is 0 Å². The molecule has 2 amide bonds. The van der Waals surface area contributed by atoms with Gasteiger partial charge < -0.3 is 20.5 Å². The summed E-state index contributed by atoms with van der Waals surface area (Å²) >= 11 is 0. The van der Waals surface area contributed by atoms with Gasteiger partial charge in [0.25, 0.3) is 0 Å². The fraction of sp³-hybridized carbons (Fsp3) is 0.464. The van der Waals surface area contributed by atoms with E-state index in [0.717, 1.165) is 22.3 Å². The molecule has 0 spiro atoms. The van der Waals surface area contributed by atoms with E-state index in [2.05, 4.69) is 34.9 Å². The van der Waals surface area contributed by atoms with Gasteiger partial charge in [0, 0.05) is 18.0 Å². The first-order valence-electron chi connectivity index (χ1n) is 12.1. The van der Waals surface area contributed by atoms with E-state index in [0.29, 0.717) is 0 Å². The maximum absolute atomic E-state index is 13.1. The lowest BCUT2D eigenvalue weighted by Gasteiger charge is -2.37. The number of carbonyl (C=O) groups excluding carboxylic acids is 2. The number of hydrogen-bond donors (Lipinski definition) is 3. The molecular formula is C28H36N2O5. The number of hydrogen-bond acceptors (Lipinski definition) is 4. The van der Waals surface area contributed by atoms with Crippen LogP contribution in [0.15, 0.2) is 48.5 Å². The SMILES string of the molecule is CC(C)C(NC(=O)OCC1c2ccccc2-c2ccccc21)C(C)(C)C(=O)NC(C)C(C)C(=O)O. The zero-order chi connectivity index (χ0) is 25.9. The van der Waals surface area contributed by atoms with Crippen molar-refractivity contribution in [3.8, 4) is 11.1 Å². The molecule has 0 aromatic heterocycles. The summed E-state index contributed by atoms with van der Waals surface area (Å²) in [7, 11) is 0. The summed E-state index contributed by atoms with van der Waals surface area (Å²) in [6, 6.07) is 15.2. The highest BCUT2D eigenvalue weighted by molar-refractivity contribution is 5.84. The Kier molecular flexibility index (Phi) is 7.88. The lowest BCUT2D eigenvalue weighted by Crippen LogP contribution is -2.57. The van der Waals surface area contributed by atoms with Gasteiger partial charge in [-0.3, -0.25) is 9.59 Å². The molecule has 1 aliphatic carbocycles. The van der Waals surface area contributed by atoms with Crippen LogP contribution in [-0.4, -0.2) is 41.8 Å². The lowest BCUT2D eigenvalue weighted by atomic mass is 9.77. The number of ether oxygens (including phenoxy) is 1. The van der Waals surface area contributed by atoms with E-state index >= 15 is 0 Å². The molecule has 3 N–H and O–H groups in total. The molecule has 7 heteroatoms. The zero-order valence-electron chi connectivity index (χ0n) is 21.3. The third-order valence-corrected chi connectivity index (χ3v) is 7.14. The lowest BCUT2D eigenvalue weighted by molar-refractivity contribution is -0.142. The summed E-state index contributed by atoms with van der Waals surface area (Å²) in [5.41, 5.74) is 3.57. The molecule has 1 aliphatic rings. The molecule has 0 saturated heterocycles. The second-order valence-corrected chi connectivity index (χ2v) is 10.3. The van der Waals surface area contributed by atoms with Crippen LogP contribution in [-0.2, 0) is 14.3 Å². The van der Waals surface area contributed by atoms with E-state index in [-0.39, 0.29) is 24.3 Å². The first-order valence-corrected chi connectivity index (χ1v) is 12.1. The van der Waals surface area contributed by atoms with Crippen molar-refractivity contribution in [2.45, 2.75) is 59.5 Å². The molecule has 0 radical (unpaired) electrons. The average molecular weight is 481 g/mol. The molecule has 188 valence electrons.